The molecule has 0 spiro atoms. The summed E-state index contributed by atoms with van der Waals surface area (Å²) in [7, 11) is 0. The summed E-state index contributed by atoms with van der Waals surface area (Å²) in [4.78, 5) is 30.5. The first-order valence-electron chi connectivity index (χ1n) is 3.39. The molecule has 15 heavy (non-hydrogen) atoms. The van der Waals surface area contributed by atoms with E-state index in [0.717, 1.165) is 0 Å². The fourth-order valence-corrected chi connectivity index (χ4v) is 0.714. The molecule has 0 aliphatic carbocycles. The fraction of sp³-hybridized carbons (Fsp3) is 0.429. The van der Waals surface area contributed by atoms with E-state index in [1.165, 1.54) is 0 Å². The molecule has 0 aromatic rings. The Hall–Kier alpha value is -2.14. The van der Waals surface area contributed by atoms with Crippen molar-refractivity contribution in [3.05, 3.63) is 6.57 Å². The molecule has 0 saturated heterocycles. The van der Waals surface area contributed by atoms with Gasteiger partial charge in [0.15, 0.2) is 5.60 Å². The molecule has 0 aromatic heterocycles. The topological polar surface area (TPSA) is 156 Å². The predicted octanol–water partition coefficient (Wildman–Crippen LogP) is -1.15. The van der Waals surface area contributed by atoms with Crippen LogP contribution in [0.15, 0.2) is 0 Å². The number of nitrogens with zero attached hydrogens (tertiary/aromatic N) is 1. The molecule has 0 aromatic carbocycles. The molecule has 0 unspecified atom stereocenters. The second-order valence-corrected chi connectivity index (χ2v) is 2.48. The van der Waals surface area contributed by atoms with Crippen molar-refractivity contribution in [2.24, 2.45) is 0 Å². The Morgan fingerprint density at radius 2 is 1.27 bits per heavy atom. The fourth-order valence-electron chi connectivity index (χ4n) is 0.714. The number of rotatable bonds is 5. The second-order valence-electron chi connectivity index (χ2n) is 2.48. The minimum absolute atomic E-state index is 1.14. The Balaban J connectivity index is 0. The van der Waals surface area contributed by atoms with Crippen LogP contribution < -0.4 is 0 Å². The van der Waals surface area contributed by atoms with Gasteiger partial charge in [-0.25, -0.2) is 4.79 Å². The van der Waals surface area contributed by atoms with Gasteiger partial charge in [0, 0.05) is 0 Å². The highest BCUT2D eigenvalue weighted by Gasteiger charge is 2.40. The third-order valence-corrected chi connectivity index (χ3v) is 1.29. The minimum Gasteiger partial charge on any atom is -0.512 e. The Bertz CT molecular complexity index is 266. The maximum atomic E-state index is 10.3. The molecule has 0 aliphatic rings. The van der Waals surface area contributed by atoms with E-state index in [1.54, 1.807) is 0 Å². The van der Waals surface area contributed by atoms with Gasteiger partial charge in [0.25, 0.3) is 0 Å². The first-order valence-corrected chi connectivity index (χ1v) is 3.39. The number of carboxylic acid groups (broad SMARTS) is 3. The zero-order chi connectivity index (χ0) is 12.6. The Kier molecular flexibility index (Phi) is 6.48. The van der Waals surface area contributed by atoms with E-state index in [-0.39, 0.29) is 0 Å². The maximum absolute atomic E-state index is 10.3. The SMILES string of the molecule is O=C(O)CC(O)(CC(=O)O)C(=O)O.[C-]#N. The van der Waals surface area contributed by atoms with E-state index in [9.17, 15) is 14.4 Å². The summed E-state index contributed by atoms with van der Waals surface area (Å²) in [5, 5.41) is 40.1. The van der Waals surface area contributed by atoms with Gasteiger partial charge < -0.3 is 32.3 Å². The van der Waals surface area contributed by atoms with Crippen molar-refractivity contribution in [3.63, 3.8) is 0 Å². The average molecular weight is 218 g/mol. The Morgan fingerprint density at radius 3 is 1.40 bits per heavy atom. The molecule has 84 valence electrons. The molecule has 0 fully saturated rings. The lowest BCUT2D eigenvalue weighted by molar-refractivity contribution is -0.170. The molecule has 0 rings (SSSR count). The molecular formula is C7H8NO7-. The van der Waals surface area contributed by atoms with Gasteiger partial charge in [-0.05, 0) is 0 Å². The van der Waals surface area contributed by atoms with E-state index < -0.39 is 36.4 Å². The van der Waals surface area contributed by atoms with Crippen LogP contribution in [0.4, 0.5) is 0 Å². The van der Waals surface area contributed by atoms with Crippen LogP contribution in [0.3, 0.4) is 0 Å². The lowest BCUT2D eigenvalue weighted by Crippen LogP contribution is -2.42. The monoisotopic (exact) mass is 218 g/mol. The van der Waals surface area contributed by atoms with Crippen LogP contribution in [0.2, 0.25) is 0 Å². The van der Waals surface area contributed by atoms with Gasteiger partial charge in [-0.3, -0.25) is 9.59 Å². The lowest BCUT2D eigenvalue weighted by atomic mass is 9.96. The number of carboxylic acids is 3. The first kappa shape index (κ1) is 15.3. The molecule has 8 nitrogen and oxygen atoms in total. The quantitative estimate of drug-likeness (QED) is 0.421. The third-order valence-electron chi connectivity index (χ3n) is 1.29. The van der Waals surface area contributed by atoms with Crippen molar-refractivity contribution >= 4 is 17.9 Å². The van der Waals surface area contributed by atoms with Crippen LogP contribution in [-0.2, 0) is 14.4 Å². The van der Waals surface area contributed by atoms with Gasteiger partial charge in [-0.2, -0.15) is 0 Å². The predicted molar refractivity (Wildman–Crippen MR) is 42.1 cm³/mol. The summed E-state index contributed by atoms with van der Waals surface area (Å²) in [6, 6.07) is 0. The van der Waals surface area contributed by atoms with Crippen molar-refractivity contribution in [1.29, 1.82) is 5.26 Å². The normalized spacial score (nSPS) is 9.53. The van der Waals surface area contributed by atoms with Crippen molar-refractivity contribution in [2.75, 3.05) is 0 Å². The minimum atomic E-state index is -2.74. The van der Waals surface area contributed by atoms with Gasteiger partial charge in [-0.1, -0.05) is 0 Å². The van der Waals surface area contributed by atoms with Gasteiger partial charge in [0.1, 0.15) is 0 Å². The average Bonchev–Trinajstić information content (AvgIpc) is 2.04. The molecule has 0 bridgehead atoms. The van der Waals surface area contributed by atoms with Crippen LogP contribution in [0, 0.1) is 11.8 Å². The zero-order valence-electron chi connectivity index (χ0n) is 7.38. The molecule has 0 heterocycles. The smallest absolute Gasteiger partial charge is 0.336 e. The number of hydrogen-bond acceptors (Lipinski definition) is 5. The van der Waals surface area contributed by atoms with Crippen LogP contribution in [0.25, 0.3) is 0 Å². The molecule has 8 heteroatoms. The third kappa shape index (κ3) is 6.00. The van der Waals surface area contributed by atoms with Crippen molar-refractivity contribution in [2.45, 2.75) is 18.4 Å². The van der Waals surface area contributed by atoms with E-state index in [1.807, 2.05) is 0 Å². The molecule has 0 radical (unpaired) electrons. The van der Waals surface area contributed by atoms with Gasteiger partial charge >= 0.3 is 17.9 Å². The van der Waals surface area contributed by atoms with E-state index in [4.69, 9.17) is 32.3 Å². The number of carbonyl (C=O) groups is 3. The molecule has 0 aliphatic heterocycles. The number of aliphatic carboxylic acids is 3. The summed E-state index contributed by atoms with van der Waals surface area (Å²) in [6.45, 7) is 4.75. The number of hydrogen-bond donors (Lipinski definition) is 4. The van der Waals surface area contributed by atoms with Crippen molar-refractivity contribution in [1.82, 2.24) is 0 Å². The van der Waals surface area contributed by atoms with Crippen molar-refractivity contribution < 1.29 is 34.8 Å². The van der Waals surface area contributed by atoms with E-state index >= 15 is 0 Å². The largest absolute Gasteiger partial charge is 0.512 e. The van der Waals surface area contributed by atoms with Gasteiger partial charge in [-0.15, -0.1) is 0 Å². The van der Waals surface area contributed by atoms with Crippen molar-refractivity contribution in [3.8, 4) is 0 Å². The summed E-state index contributed by atoms with van der Waals surface area (Å²) in [6.07, 6.45) is -2.29. The van der Waals surface area contributed by atoms with Gasteiger partial charge in [0.05, 0.1) is 12.8 Å². The van der Waals surface area contributed by atoms with Crippen LogP contribution in [0.1, 0.15) is 12.8 Å². The highest BCUT2D eigenvalue weighted by molar-refractivity contribution is 5.88. The zero-order valence-corrected chi connectivity index (χ0v) is 7.38. The van der Waals surface area contributed by atoms with E-state index in [2.05, 4.69) is 0 Å². The summed E-state index contributed by atoms with van der Waals surface area (Å²) in [5.41, 5.74) is -2.74. The van der Waals surface area contributed by atoms with Gasteiger partial charge in [0.2, 0.25) is 0 Å². The summed E-state index contributed by atoms with van der Waals surface area (Å²) in [5.74, 6) is -5.02. The highest BCUT2D eigenvalue weighted by atomic mass is 16.4. The highest BCUT2D eigenvalue weighted by Crippen LogP contribution is 2.15. The molecule has 0 saturated carbocycles. The van der Waals surface area contributed by atoms with E-state index in [0.29, 0.717) is 0 Å². The standard InChI is InChI=1S/C6H8O7.CN/c7-3(8)1-6(13,5(11)12)2-4(9)10;1-2/h13H,1-2H2,(H,7,8)(H,9,10)(H,11,12);/q;-1. The van der Waals surface area contributed by atoms with Crippen LogP contribution in [0.5, 0.6) is 0 Å². The summed E-state index contributed by atoms with van der Waals surface area (Å²) < 4.78 is 0. The first-order chi connectivity index (χ1) is 6.78. The second kappa shape index (κ2) is 6.33. The molecule has 4 N–H and O–H groups in total. The Labute approximate surface area is 84.0 Å². The molecule has 0 amide bonds. The molecular weight excluding hydrogens is 210 g/mol. The number of aliphatic hydroxyl groups is 1. The van der Waals surface area contributed by atoms with Crippen LogP contribution in [-0.4, -0.2) is 43.9 Å². The maximum Gasteiger partial charge on any atom is 0.336 e. The molecule has 0 atom stereocenters. The van der Waals surface area contributed by atoms with Crippen LogP contribution >= 0.6 is 0 Å². The lowest BCUT2D eigenvalue weighted by Gasteiger charge is -2.18. The summed E-state index contributed by atoms with van der Waals surface area (Å²) >= 11 is 0. The Morgan fingerprint density at radius 1 is 1.00 bits per heavy atom.